The second kappa shape index (κ2) is 11.2. The zero-order valence-corrected chi connectivity index (χ0v) is 15.7. The lowest BCUT2D eigenvalue weighted by atomic mass is 9.95. The van der Waals surface area contributed by atoms with Gasteiger partial charge in [-0.3, -0.25) is 9.78 Å². The number of benzene rings is 1. The monoisotopic (exact) mass is 351 g/mol. The van der Waals surface area contributed by atoms with Crippen molar-refractivity contribution < 1.29 is 9.90 Å². The Hall–Kier alpha value is -2.42. The fourth-order valence-electron chi connectivity index (χ4n) is 3.02. The summed E-state index contributed by atoms with van der Waals surface area (Å²) in [5.74, 6) is -0.722. The van der Waals surface area contributed by atoms with Gasteiger partial charge in [-0.05, 0) is 54.9 Å². The van der Waals surface area contributed by atoms with E-state index in [-0.39, 0.29) is 6.42 Å². The minimum absolute atomic E-state index is 0.239. The molecule has 3 nitrogen and oxygen atoms in total. The Morgan fingerprint density at radius 3 is 2.50 bits per heavy atom. The molecule has 3 heteroatoms. The van der Waals surface area contributed by atoms with E-state index in [0.717, 1.165) is 24.8 Å². The third kappa shape index (κ3) is 6.83. The molecule has 2 rings (SSSR count). The molecule has 1 heterocycles. The van der Waals surface area contributed by atoms with Gasteiger partial charge in [-0.25, -0.2) is 0 Å². The molecule has 0 fully saturated rings. The summed E-state index contributed by atoms with van der Waals surface area (Å²) in [6.07, 6.45) is 13.5. The number of allylic oxidation sites excluding steroid dienone is 1. The van der Waals surface area contributed by atoms with Crippen LogP contribution < -0.4 is 0 Å². The van der Waals surface area contributed by atoms with Crippen LogP contribution in [0.15, 0.2) is 54.9 Å². The minimum Gasteiger partial charge on any atom is -0.481 e. The number of carbonyl (C=O) groups is 1. The standard InChI is InChI=1S/C23H29NO2/c1-2-3-5-9-19-13-15-20(16-14-19)22(21-10-8-17-24-18-21)11-6-4-7-12-23(25)26/h8,10-11,13-18H,2-7,9,12H2,1H3,(H,25,26). The van der Waals surface area contributed by atoms with Crippen LogP contribution in [0.5, 0.6) is 0 Å². The Bertz CT molecular complexity index is 690. The Morgan fingerprint density at radius 1 is 1.04 bits per heavy atom. The van der Waals surface area contributed by atoms with Crippen LogP contribution in [-0.4, -0.2) is 16.1 Å². The van der Waals surface area contributed by atoms with Gasteiger partial charge in [-0.1, -0.05) is 56.2 Å². The molecule has 0 saturated heterocycles. The predicted molar refractivity (Wildman–Crippen MR) is 107 cm³/mol. The molecule has 0 unspecified atom stereocenters. The first-order valence-electron chi connectivity index (χ1n) is 9.62. The molecule has 0 amide bonds. The molecule has 0 aliphatic heterocycles. The van der Waals surface area contributed by atoms with Crippen LogP contribution in [0.4, 0.5) is 0 Å². The van der Waals surface area contributed by atoms with Crippen LogP contribution in [0.25, 0.3) is 5.57 Å². The number of aliphatic carboxylic acids is 1. The Labute approximate surface area is 156 Å². The number of pyridine rings is 1. The van der Waals surface area contributed by atoms with Crippen LogP contribution in [-0.2, 0) is 11.2 Å². The van der Waals surface area contributed by atoms with Gasteiger partial charge in [0.15, 0.2) is 0 Å². The van der Waals surface area contributed by atoms with Gasteiger partial charge >= 0.3 is 5.97 Å². The molecule has 0 radical (unpaired) electrons. The first kappa shape index (κ1) is 19.9. The highest BCUT2D eigenvalue weighted by Crippen LogP contribution is 2.25. The number of aryl methyl sites for hydroxylation is 1. The summed E-state index contributed by atoms with van der Waals surface area (Å²) >= 11 is 0. The van der Waals surface area contributed by atoms with Gasteiger partial charge in [-0.15, -0.1) is 0 Å². The number of unbranched alkanes of at least 4 members (excludes halogenated alkanes) is 4. The number of carboxylic acid groups (broad SMARTS) is 1. The lowest BCUT2D eigenvalue weighted by Crippen LogP contribution is -1.94. The van der Waals surface area contributed by atoms with Crippen LogP contribution in [0, 0.1) is 0 Å². The molecule has 1 aromatic carbocycles. The van der Waals surface area contributed by atoms with Crippen molar-refractivity contribution in [2.75, 3.05) is 0 Å². The van der Waals surface area contributed by atoms with E-state index in [9.17, 15) is 4.79 Å². The van der Waals surface area contributed by atoms with Crippen molar-refractivity contribution in [1.29, 1.82) is 0 Å². The summed E-state index contributed by atoms with van der Waals surface area (Å²) in [7, 11) is 0. The number of rotatable bonds is 11. The van der Waals surface area contributed by atoms with Gasteiger partial charge in [0.2, 0.25) is 0 Å². The van der Waals surface area contributed by atoms with Crippen LogP contribution >= 0.6 is 0 Å². The maximum Gasteiger partial charge on any atom is 0.303 e. The first-order chi connectivity index (χ1) is 12.7. The molecule has 0 saturated carbocycles. The normalized spacial score (nSPS) is 11.5. The van der Waals surface area contributed by atoms with Gasteiger partial charge in [0, 0.05) is 24.4 Å². The molecule has 0 bridgehead atoms. The van der Waals surface area contributed by atoms with E-state index >= 15 is 0 Å². The zero-order valence-electron chi connectivity index (χ0n) is 15.7. The second-order valence-corrected chi connectivity index (χ2v) is 6.65. The van der Waals surface area contributed by atoms with Crippen LogP contribution in [0.2, 0.25) is 0 Å². The highest BCUT2D eigenvalue weighted by atomic mass is 16.4. The summed E-state index contributed by atoms with van der Waals surface area (Å²) in [5.41, 5.74) is 4.85. The lowest BCUT2D eigenvalue weighted by Gasteiger charge is -2.10. The zero-order chi connectivity index (χ0) is 18.6. The Morgan fingerprint density at radius 2 is 1.85 bits per heavy atom. The summed E-state index contributed by atoms with van der Waals surface area (Å²) in [6, 6.07) is 12.9. The van der Waals surface area contributed by atoms with E-state index in [1.54, 1.807) is 6.20 Å². The molecular formula is C23H29NO2. The lowest BCUT2D eigenvalue weighted by molar-refractivity contribution is -0.137. The molecule has 1 aromatic heterocycles. The van der Waals surface area contributed by atoms with Crippen molar-refractivity contribution in [2.45, 2.75) is 58.3 Å². The highest BCUT2D eigenvalue weighted by Gasteiger charge is 2.06. The largest absolute Gasteiger partial charge is 0.481 e. The average Bonchev–Trinajstić information content (AvgIpc) is 2.66. The highest BCUT2D eigenvalue weighted by molar-refractivity contribution is 5.79. The van der Waals surface area contributed by atoms with Crippen molar-refractivity contribution in [2.24, 2.45) is 0 Å². The SMILES string of the molecule is CCCCCc1ccc(C(=CCCCCC(=O)O)c2cccnc2)cc1. The van der Waals surface area contributed by atoms with E-state index < -0.39 is 5.97 Å². The quantitative estimate of drug-likeness (QED) is 0.513. The molecule has 138 valence electrons. The van der Waals surface area contributed by atoms with Gasteiger partial charge in [0.25, 0.3) is 0 Å². The van der Waals surface area contributed by atoms with E-state index in [2.05, 4.69) is 48.3 Å². The van der Waals surface area contributed by atoms with E-state index in [0.29, 0.717) is 6.42 Å². The minimum atomic E-state index is -0.722. The third-order valence-electron chi connectivity index (χ3n) is 4.50. The van der Waals surface area contributed by atoms with Crippen molar-refractivity contribution in [3.05, 3.63) is 71.6 Å². The van der Waals surface area contributed by atoms with Crippen molar-refractivity contribution >= 4 is 11.5 Å². The topological polar surface area (TPSA) is 50.2 Å². The van der Waals surface area contributed by atoms with E-state index in [4.69, 9.17) is 5.11 Å². The number of nitrogens with zero attached hydrogens (tertiary/aromatic N) is 1. The second-order valence-electron chi connectivity index (χ2n) is 6.65. The molecule has 0 aliphatic carbocycles. The van der Waals surface area contributed by atoms with E-state index in [1.165, 1.54) is 36.0 Å². The molecule has 0 aliphatic rings. The average molecular weight is 351 g/mol. The van der Waals surface area contributed by atoms with Crippen LogP contribution in [0.3, 0.4) is 0 Å². The third-order valence-corrected chi connectivity index (χ3v) is 4.50. The Kier molecular flexibility index (Phi) is 8.61. The van der Waals surface area contributed by atoms with E-state index in [1.807, 2.05) is 12.3 Å². The molecule has 26 heavy (non-hydrogen) atoms. The number of aromatic nitrogens is 1. The number of hydrogen-bond donors (Lipinski definition) is 1. The maximum atomic E-state index is 10.6. The summed E-state index contributed by atoms with van der Waals surface area (Å²) in [6.45, 7) is 2.23. The smallest absolute Gasteiger partial charge is 0.303 e. The summed E-state index contributed by atoms with van der Waals surface area (Å²) in [4.78, 5) is 14.9. The van der Waals surface area contributed by atoms with Crippen molar-refractivity contribution in [3.8, 4) is 0 Å². The predicted octanol–water partition coefficient (Wildman–Crippen LogP) is 5.89. The van der Waals surface area contributed by atoms with Gasteiger partial charge < -0.3 is 5.11 Å². The van der Waals surface area contributed by atoms with Gasteiger partial charge in [0.05, 0.1) is 0 Å². The maximum absolute atomic E-state index is 10.6. The van der Waals surface area contributed by atoms with Crippen LogP contribution in [0.1, 0.15) is 68.6 Å². The fraction of sp³-hybridized carbons (Fsp3) is 0.391. The fourth-order valence-corrected chi connectivity index (χ4v) is 3.02. The summed E-state index contributed by atoms with van der Waals surface area (Å²) < 4.78 is 0. The Balaban J connectivity index is 2.09. The van der Waals surface area contributed by atoms with Gasteiger partial charge in [0.1, 0.15) is 0 Å². The first-order valence-corrected chi connectivity index (χ1v) is 9.62. The molecule has 0 atom stereocenters. The molecular weight excluding hydrogens is 322 g/mol. The number of hydrogen-bond acceptors (Lipinski definition) is 2. The molecule has 0 spiro atoms. The van der Waals surface area contributed by atoms with Gasteiger partial charge in [-0.2, -0.15) is 0 Å². The van der Waals surface area contributed by atoms with Crippen molar-refractivity contribution in [3.63, 3.8) is 0 Å². The van der Waals surface area contributed by atoms with Crippen molar-refractivity contribution in [1.82, 2.24) is 4.98 Å². The molecule has 2 aromatic rings. The number of carboxylic acids is 1. The summed E-state index contributed by atoms with van der Waals surface area (Å²) in [5, 5.41) is 8.76. The molecule has 1 N–H and O–H groups in total.